The number of carboxylic acid groups (broad SMARTS) is 1. The van der Waals surface area contributed by atoms with Gasteiger partial charge in [0.15, 0.2) is 0 Å². The molecular weight excluding hydrogens is 396 g/mol. The number of ether oxygens (including phenoxy) is 1. The summed E-state index contributed by atoms with van der Waals surface area (Å²) < 4.78 is 5.71. The van der Waals surface area contributed by atoms with Crippen LogP contribution >= 0.6 is 0 Å². The van der Waals surface area contributed by atoms with E-state index in [1.807, 2.05) is 30.3 Å². The minimum absolute atomic E-state index is 0.0249. The van der Waals surface area contributed by atoms with Crippen molar-refractivity contribution in [1.29, 1.82) is 0 Å². The molecule has 0 saturated carbocycles. The molecule has 0 radical (unpaired) electrons. The van der Waals surface area contributed by atoms with Gasteiger partial charge in [-0.15, -0.1) is 0 Å². The average molecular weight is 427 g/mol. The molecule has 0 aliphatic heterocycles. The second kappa shape index (κ2) is 13.1. The third kappa shape index (κ3) is 8.90. The van der Waals surface area contributed by atoms with Crippen molar-refractivity contribution in [3.63, 3.8) is 0 Å². The van der Waals surface area contributed by atoms with E-state index in [1.54, 1.807) is 24.3 Å². The molecule has 166 valence electrons. The Kier molecular flexibility index (Phi) is 10.1. The molecule has 3 N–H and O–H groups in total. The largest absolute Gasteiger partial charge is 0.481 e. The molecule has 0 spiro atoms. The van der Waals surface area contributed by atoms with E-state index in [4.69, 9.17) is 9.84 Å². The lowest BCUT2D eigenvalue weighted by atomic mass is 10.1. The Morgan fingerprint density at radius 3 is 2.26 bits per heavy atom. The number of carbonyl (C=O) groups is 3. The lowest BCUT2D eigenvalue weighted by molar-refractivity contribution is -0.137. The molecule has 7 nitrogen and oxygen atoms in total. The number of rotatable bonds is 13. The molecule has 1 atom stereocenters. The van der Waals surface area contributed by atoms with Crippen LogP contribution in [0.25, 0.3) is 0 Å². The van der Waals surface area contributed by atoms with Crippen molar-refractivity contribution >= 4 is 17.8 Å². The fraction of sp³-hybridized carbons (Fsp3) is 0.375. The summed E-state index contributed by atoms with van der Waals surface area (Å²) in [4.78, 5) is 36.0. The Hall–Kier alpha value is -3.35. The molecule has 2 aromatic carbocycles. The minimum Gasteiger partial charge on any atom is -0.481 e. The molecule has 2 rings (SSSR count). The van der Waals surface area contributed by atoms with Gasteiger partial charge in [0.2, 0.25) is 5.91 Å². The summed E-state index contributed by atoms with van der Waals surface area (Å²) in [5.74, 6) is -0.561. The number of carboxylic acids is 1. The quantitative estimate of drug-likeness (QED) is 0.418. The third-order valence-electron chi connectivity index (χ3n) is 4.69. The summed E-state index contributed by atoms with van der Waals surface area (Å²) in [5.41, 5.74) is 0.358. The van der Waals surface area contributed by atoms with E-state index in [1.165, 1.54) is 0 Å². The van der Waals surface area contributed by atoms with Crippen LogP contribution in [0.5, 0.6) is 11.5 Å². The molecule has 0 aromatic heterocycles. The van der Waals surface area contributed by atoms with E-state index in [-0.39, 0.29) is 18.7 Å². The van der Waals surface area contributed by atoms with Crippen molar-refractivity contribution < 1.29 is 24.2 Å². The number of unbranched alkanes of at least 4 members (excludes halogenated alkanes) is 3. The van der Waals surface area contributed by atoms with E-state index in [0.29, 0.717) is 23.6 Å². The van der Waals surface area contributed by atoms with E-state index in [0.717, 1.165) is 25.7 Å². The first-order valence-corrected chi connectivity index (χ1v) is 10.6. The summed E-state index contributed by atoms with van der Waals surface area (Å²) >= 11 is 0. The summed E-state index contributed by atoms with van der Waals surface area (Å²) in [7, 11) is 0. The van der Waals surface area contributed by atoms with Gasteiger partial charge in [-0.3, -0.25) is 14.4 Å². The van der Waals surface area contributed by atoms with Gasteiger partial charge in [-0.1, -0.05) is 44.4 Å². The number of aliphatic carboxylic acids is 1. The topological polar surface area (TPSA) is 105 Å². The molecule has 31 heavy (non-hydrogen) atoms. The van der Waals surface area contributed by atoms with Crippen LogP contribution in [0.3, 0.4) is 0 Å². The zero-order chi connectivity index (χ0) is 22.5. The molecule has 0 bridgehead atoms. The van der Waals surface area contributed by atoms with Crippen LogP contribution in [0.15, 0.2) is 54.6 Å². The zero-order valence-corrected chi connectivity index (χ0v) is 17.8. The molecule has 2 aromatic rings. The standard InChI is InChI=1S/C24H30N2O5/c1-2-3-4-8-17-25-24(30)21(15-16-22(27)28)26-23(29)18-11-13-20(14-12-18)31-19-9-6-5-7-10-19/h5-7,9-14,21H,2-4,8,15-17H2,1H3,(H,25,30)(H,26,29)(H,27,28)/t21-/m0/s1. The SMILES string of the molecule is CCCCCCNC(=O)[C@H](CCC(=O)O)NC(=O)c1ccc(Oc2ccccc2)cc1. The Balaban J connectivity index is 1.94. The maximum Gasteiger partial charge on any atom is 0.303 e. The van der Waals surface area contributed by atoms with E-state index >= 15 is 0 Å². The summed E-state index contributed by atoms with van der Waals surface area (Å²) in [6, 6.07) is 14.9. The molecule has 0 aliphatic rings. The molecule has 0 saturated heterocycles. The monoisotopic (exact) mass is 426 g/mol. The fourth-order valence-electron chi connectivity index (χ4n) is 2.96. The molecular formula is C24H30N2O5. The Morgan fingerprint density at radius 1 is 0.935 bits per heavy atom. The van der Waals surface area contributed by atoms with Crippen molar-refractivity contribution in [2.45, 2.75) is 51.5 Å². The van der Waals surface area contributed by atoms with Crippen LogP contribution in [0.1, 0.15) is 55.8 Å². The summed E-state index contributed by atoms with van der Waals surface area (Å²) in [6.45, 7) is 2.61. The van der Waals surface area contributed by atoms with Gasteiger partial charge < -0.3 is 20.5 Å². The van der Waals surface area contributed by atoms with Crippen LogP contribution in [-0.2, 0) is 9.59 Å². The maximum atomic E-state index is 12.6. The van der Waals surface area contributed by atoms with Crippen molar-refractivity contribution in [3.05, 3.63) is 60.2 Å². The molecule has 0 fully saturated rings. The van der Waals surface area contributed by atoms with E-state index in [2.05, 4.69) is 17.6 Å². The molecule has 0 heterocycles. The van der Waals surface area contributed by atoms with Gasteiger partial charge in [-0.2, -0.15) is 0 Å². The highest BCUT2D eigenvalue weighted by Gasteiger charge is 2.22. The van der Waals surface area contributed by atoms with Crippen molar-refractivity contribution in [2.24, 2.45) is 0 Å². The molecule has 0 unspecified atom stereocenters. The van der Waals surface area contributed by atoms with Crippen LogP contribution in [0, 0.1) is 0 Å². The van der Waals surface area contributed by atoms with Crippen LogP contribution < -0.4 is 15.4 Å². The highest BCUT2D eigenvalue weighted by molar-refractivity contribution is 5.97. The number of nitrogens with one attached hydrogen (secondary N) is 2. The molecule has 7 heteroatoms. The highest BCUT2D eigenvalue weighted by Crippen LogP contribution is 2.21. The van der Waals surface area contributed by atoms with Crippen LogP contribution in [0.2, 0.25) is 0 Å². The van der Waals surface area contributed by atoms with Crippen molar-refractivity contribution in [2.75, 3.05) is 6.54 Å². The second-order valence-electron chi connectivity index (χ2n) is 7.25. The Morgan fingerprint density at radius 2 is 1.61 bits per heavy atom. The van der Waals surface area contributed by atoms with Gasteiger partial charge in [-0.05, 0) is 49.2 Å². The van der Waals surface area contributed by atoms with Crippen LogP contribution in [-0.4, -0.2) is 35.5 Å². The number of para-hydroxylation sites is 1. The van der Waals surface area contributed by atoms with Crippen molar-refractivity contribution in [1.82, 2.24) is 10.6 Å². The van der Waals surface area contributed by atoms with Gasteiger partial charge in [0.05, 0.1) is 0 Å². The first-order chi connectivity index (χ1) is 15.0. The first-order valence-electron chi connectivity index (χ1n) is 10.6. The van der Waals surface area contributed by atoms with E-state index < -0.39 is 17.9 Å². The number of amides is 2. The Bertz CT molecular complexity index is 837. The van der Waals surface area contributed by atoms with Gasteiger partial charge in [0.25, 0.3) is 5.91 Å². The number of hydrogen-bond donors (Lipinski definition) is 3. The molecule has 2 amide bonds. The van der Waals surface area contributed by atoms with Gasteiger partial charge in [0.1, 0.15) is 17.5 Å². The Labute approximate surface area is 182 Å². The van der Waals surface area contributed by atoms with Gasteiger partial charge in [-0.25, -0.2) is 0 Å². The fourth-order valence-corrected chi connectivity index (χ4v) is 2.96. The predicted octanol–water partition coefficient (Wildman–Crippen LogP) is 4.14. The minimum atomic E-state index is -1.02. The number of hydrogen-bond acceptors (Lipinski definition) is 4. The van der Waals surface area contributed by atoms with Crippen LogP contribution in [0.4, 0.5) is 0 Å². The van der Waals surface area contributed by atoms with Crippen molar-refractivity contribution in [3.8, 4) is 11.5 Å². The predicted molar refractivity (Wildman–Crippen MR) is 118 cm³/mol. The highest BCUT2D eigenvalue weighted by atomic mass is 16.5. The third-order valence-corrected chi connectivity index (χ3v) is 4.69. The molecule has 0 aliphatic carbocycles. The zero-order valence-electron chi connectivity index (χ0n) is 17.8. The van der Waals surface area contributed by atoms with Gasteiger partial charge in [0, 0.05) is 18.5 Å². The van der Waals surface area contributed by atoms with E-state index in [9.17, 15) is 14.4 Å². The maximum absolute atomic E-state index is 12.6. The lowest BCUT2D eigenvalue weighted by Crippen LogP contribution is -2.47. The summed E-state index contributed by atoms with van der Waals surface area (Å²) in [6.07, 6.45) is 3.87. The second-order valence-corrected chi connectivity index (χ2v) is 7.25. The smallest absolute Gasteiger partial charge is 0.303 e. The lowest BCUT2D eigenvalue weighted by Gasteiger charge is -2.18. The summed E-state index contributed by atoms with van der Waals surface area (Å²) in [5, 5.41) is 14.4. The number of carbonyl (C=O) groups excluding carboxylic acids is 2. The number of benzene rings is 2. The normalized spacial score (nSPS) is 11.4. The first kappa shape index (κ1) is 23.9. The average Bonchev–Trinajstić information content (AvgIpc) is 2.77. The van der Waals surface area contributed by atoms with Gasteiger partial charge >= 0.3 is 5.97 Å².